The minimum absolute atomic E-state index is 0.186. The maximum absolute atomic E-state index is 13.0. The van der Waals surface area contributed by atoms with Crippen molar-refractivity contribution < 1.29 is 13.9 Å². The van der Waals surface area contributed by atoms with Crippen molar-refractivity contribution in [3.8, 4) is 11.8 Å². The smallest absolute Gasteiger partial charge is 0.193 e. The number of rotatable bonds is 5. The molecule has 4 heteroatoms. The number of hydrogen-bond acceptors (Lipinski definition) is 3. The molecule has 3 nitrogen and oxygen atoms in total. The van der Waals surface area contributed by atoms with Crippen LogP contribution in [0, 0.1) is 17.1 Å². The van der Waals surface area contributed by atoms with E-state index in [1.54, 1.807) is 31.4 Å². The molecule has 0 N–H and O–H groups in total. The van der Waals surface area contributed by atoms with E-state index in [0.29, 0.717) is 11.1 Å². The molecule has 3 aromatic carbocycles. The standard InChI is InChI=1S/C22H16FNO2/c1-26-20-12-8-16(9-13-20)21(14-24)15-2-4-17(5-3-15)22(25)18-6-10-19(23)11-7-18/h2-13,21H,1H3. The Morgan fingerprint density at radius 3 is 1.81 bits per heavy atom. The Morgan fingerprint density at radius 2 is 1.35 bits per heavy atom. The number of nitrogens with zero attached hydrogens (tertiary/aromatic N) is 1. The Bertz CT molecular complexity index is 939. The van der Waals surface area contributed by atoms with Crippen LogP contribution in [0.4, 0.5) is 4.39 Å². The summed E-state index contributed by atoms with van der Waals surface area (Å²) in [6.07, 6.45) is 0. The fourth-order valence-electron chi connectivity index (χ4n) is 2.73. The summed E-state index contributed by atoms with van der Waals surface area (Å²) >= 11 is 0. The Kier molecular flexibility index (Phi) is 5.09. The second kappa shape index (κ2) is 7.62. The first-order valence-electron chi connectivity index (χ1n) is 8.06. The van der Waals surface area contributed by atoms with Crippen LogP contribution in [0.25, 0.3) is 0 Å². The molecule has 0 aliphatic carbocycles. The molecule has 0 aliphatic rings. The molecular weight excluding hydrogens is 329 g/mol. The topological polar surface area (TPSA) is 50.1 Å². The SMILES string of the molecule is COc1ccc(C(C#N)c2ccc(C(=O)c3ccc(F)cc3)cc2)cc1. The van der Waals surface area contributed by atoms with E-state index in [-0.39, 0.29) is 11.6 Å². The highest BCUT2D eigenvalue weighted by atomic mass is 19.1. The van der Waals surface area contributed by atoms with Crippen LogP contribution in [0.1, 0.15) is 33.0 Å². The van der Waals surface area contributed by atoms with Gasteiger partial charge in [-0.1, -0.05) is 36.4 Å². The lowest BCUT2D eigenvalue weighted by molar-refractivity contribution is 0.103. The minimum atomic E-state index is -0.434. The van der Waals surface area contributed by atoms with Gasteiger partial charge in [0.15, 0.2) is 5.78 Å². The summed E-state index contributed by atoms with van der Waals surface area (Å²) in [5.74, 6) is -0.274. The molecule has 0 radical (unpaired) electrons. The van der Waals surface area contributed by atoms with Crippen molar-refractivity contribution in [3.63, 3.8) is 0 Å². The molecule has 0 aliphatic heterocycles. The molecule has 0 saturated heterocycles. The van der Waals surface area contributed by atoms with Crippen molar-refractivity contribution >= 4 is 5.78 Å². The summed E-state index contributed by atoms with van der Waals surface area (Å²) in [6.45, 7) is 0. The summed E-state index contributed by atoms with van der Waals surface area (Å²) in [5.41, 5.74) is 2.57. The largest absolute Gasteiger partial charge is 0.497 e. The zero-order valence-corrected chi connectivity index (χ0v) is 14.1. The van der Waals surface area contributed by atoms with Crippen LogP contribution in [-0.4, -0.2) is 12.9 Å². The molecule has 3 rings (SSSR count). The van der Waals surface area contributed by atoms with Crippen LogP contribution in [0.5, 0.6) is 5.75 Å². The van der Waals surface area contributed by atoms with Crippen molar-refractivity contribution in [1.82, 2.24) is 0 Å². The summed E-state index contributed by atoms with van der Waals surface area (Å²) in [4.78, 5) is 12.4. The van der Waals surface area contributed by atoms with Crippen molar-refractivity contribution in [3.05, 3.63) is 101 Å². The van der Waals surface area contributed by atoms with Crippen molar-refractivity contribution in [2.75, 3.05) is 7.11 Å². The van der Waals surface area contributed by atoms with Crippen LogP contribution in [0.3, 0.4) is 0 Å². The highest BCUT2D eigenvalue weighted by Gasteiger charge is 2.15. The summed E-state index contributed by atoms with van der Waals surface area (Å²) in [6, 6.07) is 22.0. The summed E-state index contributed by atoms with van der Waals surface area (Å²) in [5, 5.41) is 9.56. The van der Waals surface area contributed by atoms with Gasteiger partial charge in [0, 0.05) is 11.1 Å². The number of benzene rings is 3. The first-order chi connectivity index (χ1) is 12.6. The second-order valence-electron chi connectivity index (χ2n) is 5.79. The summed E-state index contributed by atoms with van der Waals surface area (Å²) in [7, 11) is 1.59. The number of halogens is 1. The van der Waals surface area contributed by atoms with E-state index in [9.17, 15) is 14.4 Å². The Labute approximate surface area is 151 Å². The maximum Gasteiger partial charge on any atom is 0.193 e. The molecule has 3 aromatic rings. The molecule has 0 fully saturated rings. The highest BCUT2D eigenvalue weighted by molar-refractivity contribution is 6.08. The number of hydrogen-bond donors (Lipinski definition) is 0. The number of ether oxygens (including phenoxy) is 1. The zero-order chi connectivity index (χ0) is 18.5. The average molecular weight is 345 g/mol. The molecule has 0 aromatic heterocycles. The Balaban J connectivity index is 1.84. The lowest BCUT2D eigenvalue weighted by Crippen LogP contribution is -2.03. The van der Waals surface area contributed by atoms with Gasteiger partial charge in [-0.25, -0.2) is 4.39 Å². The van der Waals surface area contributed by atoms with Crippen LogP contribution < -0.4 is 4.74 Å². The Morgan fingerprint density at radius 1 is 0.885 bits per heavy atom. The van der Waals surface area contributed by atoms with Crippen LogP contribution in [0.2, 0.25) is 0 Å². The molecule has 0 spiro atoms. The maximum atomic E-state index is 13.0. The minimum Gasteiger partial charge on any atom is -0.497 e. The molecule has 1 unspecified atom stereocenters. The van der Waals surface area contributed by atoms with E-state index in [2.05, 4.69) is 6.07 Å². The third-order valence-electron chi connectivity index (χ3n) is 4.19. The number of carbonyl (C=O) groups is 1. The van der Waals surface area contributed by atoms with Crippen LogP contribution in [0.15, 0.2) is 72.8 Å². The van der Waals surface area contributed by atoms with Crippen LogP contribution in [-0.2, 0) is 0 Å². The molecular formula is C22H16FNO2. The van der Waals surface area contributed by atoms with Gasteiger partial charge in [-0.2, -0.15) is 5.26 Å². The van der Waals surface area contributed by atoms with E-state index in [4.69, 9.17) is 4.74 Å². The fraction of sp³-hybridized carbons (Fsp3) is 0.0909. The Hall–Kier alpha value is -3.45. The van der Waals surface area contributed by atoms with Gasteiger partial charge in [0.25, 0.3) is 0 Å². The predicted octanol–water partition coefficient (Wildman–Crippen LogP) is 4.72. The van der Waals surface area contributed by atoms with E-state index in [1.165, 1.54) is 24.3 Å². The number of ketones is 1. The van der Waals surface area contributed by atoms with Gasteiger partial charge in [-0.15, -0.1) is 0 Å². The van der Waals surface area contributed by atoms with E-state index in [0.717, 1.165) is 16.9 Å². The molecule has 0 amide bonds. The lowest BCUT2D eigenvalue weighted by Gasteiger charge is -2.11. The molecule has 26 heavy (non-hydrogen) atoms. The van der Waals surface area contributed by atoms with Gasteiger partial charge >= 0.3 is 0 Å². The first kappa shape index (κ1) is 17.4. The van der Waals surface area contributed by atoms with Crippen molar-refractivity contribution in [2.45, 2.75) is 5.92 Å². The molecule has 1 atom stereocenters. The number of methoxy groups -OCH3 is 1. The van der Waals surface area contributed by atoms with Gasteiger partial charge in [0.1, 0.15) is 11.6 Å². The van der Waals surface area contributed by atoms with Crippen molar-refractivity contribution in [2.24, 2.45) is 0 Å². The fourth-order valence-corrected chi connectivity index (χ4v) is 2.73. The highest BCUT2D eigenvalue weighted by Crippen LogP contribution is 2.26. The van der Waals surface area contributed by atoms with Gasteiger partial charge < -0.3 is 4.74 Å². The second-order valence-corrected chi connectivity index (χ2v) is 5.79. The van der Waals surface area contributed by atoms with Gasteiger partial charge in [-0.3, -0.25) is 4.79 Å². The molecule has 0 heterocycles. The van der Waals surface area contributed by atoms with Gasteiger partial charge in [0.2, 0.25) is 0 Å². The lowest BCUT2D eigenvalue weighted by atomic mass is 9.91. The van der Waals surface area contributed by atoms with E-state index < -0.39 is 5.92 Å². The third-order valence-corrected chi connectivity index (χ3v) is 4.19. The predicted molar refractivity (Wildman–Crippen MR) is 96.7 cm³/mol. The molecule has 0 bridgehead atoms. The normalized spacial score (nSPS) is 11.4. The monoisotopic (exact) mass is 345 g/mol. The molecule has 0 saturated carbocycles. The molecule has 128 valence electrons. The van der Waals surface area contributed by atoms with Crippen LogP contribution >= 0.6 is 0 Å². The third kappa shape index (κ3) is 3.62. The average Bonchev–Trinajstić information content (AvgIpc) is 2.70. The summed E-state index contributed by atoms with van der Waals surface area (Å²) < 4.78 is 18.1. The first-order valence-corrected chi connectivity index (χ1v) is 8.06. The van der Waals surface area contributed by atoms with Crippen molar-refractivity contribution in [1.29, 1.82) is 5.26 Å². The van der Waals surface area contributed by atoms with Gasteiger partial charge in [-0.05, 0) is 47.5 Å². The van der Waals surface area contributed by atoms with E-state index >= 15 is 0 Å². The quantitative estimate of drug-likeness (QED) is 0.629. The zero-order valence-electron chi connectivity index (χ0n) is 14.1. The van der Waals surface area contributed by atoms with Gasteiger partial charge in [0.05, 0.1) is 19.1 Å². The number of carbonyl (C=O) groups excluding carboxylic acids is 1. The number of nitriles is 1. The van der Waals surface area contributed by atoms with E-state index in [1.807, 2.05) is 24.3 Å².